The van der Waals surface area contributed by atoms with Gasteiger partial charge in [0.15, 0.2) is 0 Å². The van der Waals surface area contributed by atoms with Crippen LogP contribution in [0.5, 0.6) is 0 Å². The molecule has 0 radical (unpaired) electrons. The summed E-state index contributed by atoms with van der Waals surface area (Å²) >= 11 is 0. The monoisotopic (exact) mass is 241 g/mol. The third kappa shape index (κ3) is 2.79. The molecule has 1 saturated heterocycles. The van der Waals surface area contributed by atoms with Gasteiger partial charge in [0.05, 0.1) is 5.41 Å². The number of carboxylic acids is 1. The summed E-state index contributed by atoms with van der Waals surface area (Å²) in [4.78, 5) is 25.0. The highest BCUT2D eigenvalue weighted by Gasteiger charge is 2.43. The second-order valence-electron chi connectivity index (χ2n) is 5.55. The van der Waals surface area contributed by atoms with Crippen molar-refractivity contribution in [3.05, 3.63) is 0 Å². The molecular weight excluding hydrogens is 218 g/mol. The van der Waals surface area contributed by atoms with E-state index in [2.05, 4.69) is 13.8 Å². The van der Waals surface area contributed by atoms with Gasteiger partial charge in [-0.3, -0.25) is 9.59 Å². The molecule has 1 amide bonds. The Bertz CT molecular complexity index is 316. The molecule has 4 heteroatoms. The molecule has 3 atom stereocenters. The zero-order valence-electron chi connectivity index (χ0n) is 11.2. The Morgan fingerprint density at radius 1 is 1.41 bits per heavy atom. The zero-order chi connectivity index (χ0) is 13.2. The Hall–Kier alpha value is -1.06. The normalized spacial score (nSPS) is 27.9. The van der Waals surface area contributed by atoms with Gasteiger partial charge in [0.2, 0.25) is 5.91 Å². The Labute approximate surface area is 103 Å². The van der Waals surface area contributed by atoms with Gasteiger partial charge >= 0.3 is 5.97 Å². The lowest BCUT2D eigenvalue weighted by Gasteiger charge is -2.25. The van der Waals surface area contributed by atoms with Gasteiger partial charge in [-0.1, -0.05) is 27.2 Å². The molecule has 0 saturated carbocycles. The number of carbonyl (C=O) groups excluding carboxylic acids is 1. The number of carboxylic acid groups (broad SMARTS) is 1. The van der Waals surface area contributed by atoms with Crippen molar-refractivity contribution in [3.8, 4) is 0 Å². The number of hydrogen-bond donors (Lipinski definition) is 1. The first-order chi connectivity index (χ1) is 7.81. The van der Waals surface area contributed by atoms with E-state index in [1.165, 1.54) is 0 Å². The van der Waals surface area contributed by atoms with Crippen LogP contribution in [0.2, 0.25) is 0 Å². The van der Waals surface area contributed by atoms with Gasteiger partial charge in [-0.25, -0.2) is 0 Å². The van der Waals surface area contributed by atoms with E-state index in [-0.39, 0.29) is 11.8 Å². The van der Waals surface area contributed by atoms with E-state index in [0.717, 1.165) is 6.42 Å². The fourth-order valence-electron chi connectivity index (χ4n) is 2.21. The third-order valence-corrected chi connectivity index (χ3v) is 4.19. The van der Waals surface area contributed by atoms with Crippen LogP contribution in [-0.2, 0) is 9.59 Å². The molecule has 0 aromatic rings. The quantitative estimate of drug-likeness (QED) is 0.819. The first-order valence-electron chi connectivity index (χ1n) is 6.34. The SMILES string of the molecule is CCC(C)C(C)C(=O)N1CCC(C)(C(=O)O)C1. The lowest BCUT2D eigenvalue weighted by molar-refractivity contribution is -0.147. The average molecular weight is 241 g/mol. The minimum absolute atomic E-state index is 0.0175. The molecule has 1 aliphatic heterocycles. The van der Waals surface area contributed by atoms with Crippen molar-refractivity contribution in [1.29, 1.82) is 0 Å². The Morgan fingerprint density at radius 2 is 2.00 bits per heavy atom. The predicted octanol–water partition coefficient (Wildman–Crippen LogP) is 1.99. The number of rotatable bonds is 4. The van der Waals surface area contributed by atoms with Crippen LogP contribution in [0.15, 0.2) is 0 Å². The molecule has 1 heterocycles. The smallest absolute Gasteiger partial charge is 0.311 e. The van der Waals surface area contributed by atoms with Crippen LogP contribution in [0, 0.1) is 17.3 Å². The van der Waals surface area contributed by atoms with Gasteiger partial charge in [-0.05, 0) is 19.3 Å². The maximum Gasteiger partial charge on any atom is 0.311 e. The average Bonchev–Trinajstić information content (AvgIpc) is 2.70. The van der Waals surface area contributed by atoms with Crippen molar-refractivity contribution in [1.82, 2.24) is 4.90 Å². The number of nitrogens with zero attached hydrogens (tertiary/aromatic N) is 1. The molecule has 3 unspecified atom stereocenters. The summed E-state index contributed by atoms with van der Waals surface area (Å²) < 4.78 is 0. The molecule has 0 bridgehead atoms. The lowest BCUT2D eigenvalue weighted by atomic mass is 9.90. The molecule has 17 heavy (non-hydrogen) atoms. The van der Waals surface area contributed by atoms with Crippen LogP contribution >= 0.6 is 0 Å². The summed E-state index contributed by atoms with van der Waals surface area (Å²) in [7, 11) is 0. The highest BCUT2D eigenvalue weighted by Crippen LogP contribution is 2.31. The van der Waals surface area contributed by atoms with Gasteiger partial charge in [0.25, 0.3) is 0 Å². The van der Waals surface area contributed by atoms with Gasteiger partial charge in [0, 0.05) is 19.0 Å². The molecule has 0 aromatic heterocycles. The fraction of sp³-hybridized carbons (Fsp3) is 0.846. The first kappa shape index (κ1) is 14.0. The predicted molar refractivity (Wildman–Crippen MR) is 65.6 cm³/mol. The minimum Gasteiger partial charge on any atom is -0.481 e. The van der Waals surface area contributed by atoms with Crippen molar-refractivity contribution in [3.63, 3.8) is 0 Å². The Balaban J connectivity index is 2.66. The van der Waals surface area contributed by atoms with E-state index in [0.29, 0.717) is 25.4 Å². The van der Waals surface area contributed by atoms with E-state index in [1.54, 1.807) is 11.8 Å². The minimum atomic E-state index is -0.802. The molecular formula is C13H23NO3. The summed E-state index contributed by atoms with van der Waals surface area (Å²) in [6.07, 6.45) is 1.53. The zero-order valence-corrected chi connectivity index (χ0v) is 11.2. The summed E-state index contributed by atoms with van der Waals surface area (Å²) in [5.74, 6) is -0.372. The van der Waals surface area contributed by atoms with E-state index >= 15 is 0 Å². The number of hydrogen-bond acceptors (Lipinski definition) is 2. The van der Waals surface area contributed by atoms with E-state index in [1.807, 2.05) is 6.92 Å². The van der Waals surface area contributed by atoms with Crippen molar-refractivity contribution >= 4 is 11.9 Å². The van der Waals surface area contributed by atoms with Gasteiger partial charge in [0.1, 0.15) is 0 Å². The molecule has 1 aliphatic rings. The largest absolute Gasteiger partial charge is 0.481 e. The fourth-order valence-corrected chi connectivity index (χ4v) is 2.21. The standard InChI is InChI=1S/C13H23NO3/c1-5-9(2)10(3)11(15)14-7-6-13(4,8-14)12(16)17/h9-10H,5-8H2,1-4H3,(H,16,17). The van der Waals surface area contributed by atoms with Gasteiger partial charge in [-0.15, -0.1) is 0 Å². The van der Waals surface area contributed by atoms with Crippen LogP contribution < -0.4 is 0 Å². The number of carbonyl (C=O) groups is 2. The summed E-state index contributed by atoms with van der Waals surface area (Å²) in [6.45, 7) is 8.71. The van der Waals surface area contributed by atoms with Crippen LogP contribution in [0.25, 0.3) is 0 Å². The third-order valence-electron chi connectivity index (χ3n) is 4.19. The van der Waals surface area contributed by atoms with Crippen molar-refractivity contribution < 1.29 is 14.7 Å². The molecule has 0 aliphatic carbocycles. The molecule has 0 spiro atoms. The summed E-state index contributed by atoms with van der Waals surface area (Å²) in [5, 5.41) is 9.13. The molecule has 1 fully saturated rings. The molecule has 1 N–H and O–H groups in total. The van der Waals surface area contributed by atoms with Gasteiger partial charge < -0.3 is 10.0 Å². The van der Waals surface area contributed by atoms with Crippen molar-refractivity contribution in [2.45, 2.75) is 40.5 Å². The highest BCUT2D eigenvalue weighted by molar-refractivity contribution is 5.82. The number of amides is 1. The van der Waals surface area contributed by atoms with E-state index < -0.39 is 11.4 Å². The van der Waals surface area contributed by atoms with Crippen LogP contribution in [0.3, 0.4) is 0 Å². The Morgan fingerprint density at radius 3 is 2.41 bits per heavy atom. The summed E-state index contributed by atoms with van der Waals surface area (Å²) in [5.41, 5.74) is -0.759. The van der Waals surface area contributed by atoms with Crippen LogP contribution in [0.4, 0.5) is 0 Å². The van der Waals surface area contributed by atoms with E-state index in [9.17, 15) is 9.59 Å². The van der Waals surface area contributed by atoms with E-state index in [4.69, 9.17) is 5.11 Å². The first-order valence-corrected chi connectivity index (χ1v) is 6.34. The topological polar surface area (TPSA) is 57.6 Å². The number of likely N-dealkylation sites (tertiary alicyclic amines) is 1. The molecule has 0 aromatic carbocycles. The maximum absolute atomic E-state index is 12.2. The second-order valence-corrected chi connectivity index (χ2v) is 5.55. The highest BCUT2D eigenvalue weighted by atomic mass is 16.4. The Kier molecular flexibility index (Phi) is 4.17. The summed E-state index contributed by atoms with van der Waals surface area (Å²) in [6, 6.07) is 0. The van der Waals surface area contributed by atoms with Gasteiger partial charge in [-0.2, -0.15) is 0 Å². The lowest BCUT2D eigenvalue weighted by Crippen LogP contribution is -2.38. The molecule has 1 rings (SSSR count). The van der Waals surface area contributed by atoms with Crippen LogP contribution in [0.1, 0.15) is 40.5 Å². The van der Waals surface area contributed by atoms with Crippen LogP contribution in [-0.4, -0.2) is 35.0 Å². The van der Waals surface area contributed by atoms with Crippen molar-refractivity contribution in [2.24, 2.45) is 17.3 Å². The number of aliphatic carboxylic acids is 1. The second kappa shape index (κ2) is 5.07. The maximum atomic E-state index is 12.2. The molecule has 4 nitrogen and oxygen atoms in total. The molecule has 98 valence electrons. The van der Waals surface area contributed by atoms with Crippen molar-refractivity contribution in [2.75, 3.05) is 13.1 Å².